The summed E-state index contributed by atoms with van der Waals surface area (Å²) in [4.78, 5) is 37.7. The maximum atomic E-state index is 12.7. The van der Waals surface area contributed by atoms with E-state index >= 15 is 0 Å². The lowest BCUT2D eigenvalue weighted by Gasteiger charge is -2.16. The minimum atomic E-state index is -0.514. The number of imide groups is 1. The Morgan fingerprint density at radius 1 is 1.00 bits per heavy atom. The van der Waals surface area contributed by atoms with Crippen LogP contribution in [0.4, 0.5) is 22.7 Å². The van der Waals surface area contributed by atoms with Crippen molar-refractivity contribution in [1.82, 2.24) is 0 Å². The van der Waals surface area contributed by atoms with Crippen LogP contribution >= 0.6 is 0 Å². The predicted octanol–water partition coefficient (Wildman–Crippen LogP) is 4.10. The number of nitrogens with zero attached hydrogens (tertiary/aromatic N) is 2. The van der Waals surface area contributed by atoms with Crippen molar-refractivity contribution in [1.29, 1.82) is 0 Å². The van der Waals surface area contributed by atoms with E-state index < -0.39 is 4.92 Å². The SMILES string of the molecule is Cc1ccc(Nc2ccc(N3C(=O)C4CC=CCC4C3=O)cc2[N+](=O)[O-])cc1. The van der Waals surface area contributed by atoms with Crippen molar-refractivity contribution in [3.8, 4) is 0 Å². The molecule has 2 amide bonds. The molecule has 2 unspecified atom stereocenters. The molecule has 1 aliphatic heterocycles. The molecule has 7 nitrogen and oxygen atoms in total. The molecule has 1 heterocycles. The van der Waals surface area contributed by atoms with Gasteiger partial charge in [0.25, 0.3) is 5.69 Å². The number of aryl methyl sites for hydroxylation is 1. The monoisotopic (exact) mass is 377 g/mol. The van der Waals surface area contributed by atoms with E-state index in [2.05, 4.69) is 5.32 Å². The Bertz CT molecular complexity index is 971. The van der Waals surface area contributed by atoms with Gasteiger partial charge >= 0.3 is 0 Å². The molecule has 1 aliphatic carbocycles. The van der Waals surface area contributed by atoms with Gasteiger partial charge in [-0.3, -0.25) is 19.7 Å². The molecule has 2 atom stereocenters. The predicted molar refractivity (Wildman–Crippen MR) is 105 cm³/mol. The van der Waals surface area contributed by atoms with Crippen LogP contribution in [0, 0.1) is 28.9 Å². The quantitative estimate of drug-likeness (QED) is 0.375. The lowest BCUT2D eigenvalue weighted by molar-refractivity contribution is -0.383. The van der Waals surface area contributed by atoms with E-state index in [1.807, 2.05) is 43.3 Å². The van der Waals surface area contributed by atoms with Gasteiger partial charge in [0.1, 0.15) is 5.69 Å². The highest BCUT2D eigenvalue weighted by atomic mass is 16.6. The highest BCUT2D eigenvalue weighted by Crippen LogP contribution is 2.40. The number of hydrogen-bond acceptors (Lipinski definition) is 5. The molecule has 7 heteroatoms. The van der Waals surface area contributed by atoms with E-state index in [4.69, 9.17) is 0 Å². The Labute approximate surface area is 161 Å². The highest BCUT2D eigenvalue weighted by molar-refractivity contribution is 6.22. The molecule has 2 aliphatic rings. The lowest BCUT2D eigenvalue weighted by atomic mass is 9.85. The summed E-state index contributed by atoms with van der Waals surface area (Å²) in [5, 5.41) is 14.6. The summed E-state index contributed by atoms with van der Waals surface area (Å²) in [5.74, 6) is -1.32. The number of allylic oxidation sites excluding steroid dienone is 2. The molecule has 0 radical (unpaired) electrons. The second kappa shape index (κ2) is 6.92. The molecule has 2 aromatic carbocycles. The zero-order valence-electron chi connectivity index (χ0n) is 15.3. The van der Waals surface area contributed by atoms with Crippen LogP contribution in [0.1, 0.15) is 18.4 Å². The molecule has 0 spiro atoms. The van der Waals surface area contributed by atoms with Crippen molar-refractivity contribution >= 4 is 34.6 Å². The van der Waals surface area contributed by atoms with Crippen LogP contribution in [-0.2, 0) is 9.59 Å². The minimum Gasteiger partial charge on any atom is -0.350 e. The maximum absolute atomic E-state index is 12.7. The number of carbonyl (C=O) groups is 2. The van der Waals surface area contributed by atoms with Gasteiger partial charge in [-0.05, 0) is 44.0 Å². The third-order valence-corrected chi connectivity index (χ3v) is 5.27. The molecule has 0 aromatic heterocycles. The minimum absolute atomic E-state index is 0.188. The first-order valence-corrected chi connectivity index (χ1v) is 9.10. The van der Waals surface area contributed by atoms with Crippen molar-refractivity contribution < 1.29 is 14.5 Å². The normalized spacial score (nSPS) is 21.0. The fourth-order valence-corrected chi connectivity index (χ4v) is 3.76. The number of nitro benzene ring substituents is 1. The molecule has 28 heavy (non-hydrogen) atoms. The Morgan fingerprint density at radius 3 is 2.18 bits per heavy atom. The average Bonchev–Trinajstić information content (AvgIpc) is 2.95. The summed E-state index contributed by atoms with van der Waals surface area (Å²) in [5.41, 5.74) is 2.15. The Morgan fingerprint density at radius 2 is 1.61 bits per heavy atom. The van der Waals surface area contributed by atoms with E-state index in [0.717, 1.165) is 10.5 Å². The highest BCUT2D eigenvalue weighted by Gasteiger charge is 2.48. The Balaban J connectivity index is 1.67. The topological polar surface area (TPSA) is 92.6 Å². The third-order valence-electron chi connectivity index (χ3n) is 5.27. The van der Waals surface area contributed by atoms with Crippen LogP contribution in [0.15, 0.2) is 54.6 Å². The van der Waals surface area contributed by atoms with E-state index in [1.165, 1.54) is 12.1 Å². The van der Waals surface area contributed by atoms with E-state index in [-0.39, 0.29) is 35.0 Å². The van der Waals surface area contributed by atoms with E-state index in [9.17, 15) is 19.7 Å². The van der Waals surface area contributed by atoms with E-state index in [0.29, 0.717) is 24.2 Å². The molecular formula is C21H19N3O4. The van der Waals surface area contributed by atoms with Crippen LogP contribution in [0.2, 0.25) is 0 Å². The van der Waals surface area contributed by atoms with Crippen LogP contribution in [0.5, 0.6) is 0 Å². The first-order valence-electron chi connectivity index (χ1n) is 9.10. The largest absolute Gasteiger partial charge is 0.350 e. The molecule has 0 bridgehead atoms. The fraction of sp³-hybridized carbons (Fsp3) is 0.238. The van der Waals surface area contributed by atoms with Crippen LogP contribution in [0.25, 0.3) is 0 Å². The summed E-state index contributed by atoms with van der Waals surface area (Å²) < 4.78 is 0. The van der Waals surface area contributed by atoms with E-state index in [1.54, 1.807) is 6.07 Å². The maximum Gasteiger partial charge on any atom is 0.294 e. The molecule has 4 rings (SSSR count). The van der Waals surface area contributed by atoms with Crippen molar-refractivity contribution in [2.24, 2.45) is 11.8 Å². The molecule has 142 valence electrons. The Hall–Kier alpha value is -3.48. The van der Waals surface area contributed by atoms with Gasteiger partial charge in [-0.25, -0.2) is 4.90 Å². The number of amides is 2. The number of fused-ring (bicyclic) bond motifs is 1. The van der Waals surface area contributed by atoms with Crippen molar-refractivity contribution in [2.45, 2.75) is 19.8 Å². The first-order chi connectivity index (χ1) is 13.5. The number of nitro groups is 1. The average molecular weight is 377 g/mol. The second-order valence-corrected chi connectivity index (χ2v) is 7.12. The number of rotatable bonds is 4. The van der Waals surface area contributed by atoms with Gasteiger partial charge in [0.2, 0.25) is 11.8 Å². The fourth-order valence-electron chi connectivity index (χ4n) is 3.76. The van der Waals surface area contributed by atoms with Crippen molar-refractivity contribution in [2.75, 3.05) is 10.2 Å². The first kappa shape index (κ1) is 17.9. The summed E-state index contributed by atoms with van der Waals surface area (Å²) in [6.07, 6.45) is 4.88. The number of hydrogen-bond donors (Lipinski definition) is 1. The number of anilines is 3. The number of benzene rings is 2. The zero-order valence-corrected chi connectivity index (χ0v) is 15.3. The number of nitrogens with one attached hydrogen (secondary N) is 1. The molecular weight excluding hydrogens is 358 g/mol. The van der Waals surface area contributed by atoms with Crippen LogP contribution in [-0.4, -0.2) is 16.7 Å². The standard InChI is InChI=1S/C21H19N3O4/c1-13-6-8-14(9-7-13)22-18-11-10-15(12-19(18)24(27)28)23-20(25)16-4-2-3-5-17(16)21(23)26/h2-3,6-12,16-17,22H,4-5H2,1H3. The van der Waals surface area contributed by atoms with Crippen molar-refractivity contribution in [3.63, 3.8) is 0 Å². The van der Waals surface area contributed by atoms with Crippen LogP contribution in [0.3, 0.4) is 0 Å². The third kappa shape index (κ3) is 3.05. The van der Waals surface area contributed by atoms with Gasteiger partial charge < -0.3 is 5.32 Å². The summed E-state index contributed by atoms with van der Waals surface area (Å²) >= 11 is 0. The second-order valence-electron chi connectivity index (χ2n) is 7.12. The number of carbonyl (C=O) groups excluding carboxylic acids is 2. The summed E-state index contributed by atoms with van der Waals surface area (Å²) in [7, 11) is 0. The lowest BCUT2D eigenvalue weighted by Crippen LogP contribution is -2.30. The van der Waals surface area contributed by atoms with Gasteiger partial charge in [-0.15, -0.1) is 0 Å². The Kier molecular flexibility index (Phi) is 4.43. The molecule has 0 saturated carbocycles. The van der Waals surface area contributed by atoms with Crippen molar-refractivity contribution in [3.05, 3.63) is 70.3 Å². The van der Waals surface area contributed by atoms with Gasteiger partial charge in [0.05, 0.1) is 22.4 Å². The zero-order chi connectivity index (χ0) is 19.8. The molecule has 1 fully saturated rings. The smallest absolute Gasteiger partial charge is 0.294 e. The van der Waals surface area contributed by atoms with Crippen LogP contribution < -0.4 is 10.2 Å². The van der Waals surface area contributed by atoms with Gasteiger partial charge in [-0.1, -0.05) is 29.8 Å². The molecule has 2 aromatic rings. The van der Waals surface area contributed by atoms with Gasteiger partial charge in [0.15, 0.2) is 0 Å². The van der Waals surface area contributed by atoms with Gasteiger partial charge in [-0.2, -0.15) is 0 Å². The van der Waals surface area contributed by atoms with Gasteiger partial charge in [0, 0.05) is 11.8 Å². The molecule has 1 N–H and O–H groups in total. The summed E-state index contributed by atoms with van der Waals surface area (Å²) in [6, 6.07) is 11.9. The summed E-state index contributed by atoms with van der Waals surface area (Å²) in [6.45, 7) is 1.96. The molecule has 1 saturated heterocycles.